The highest BCUT2D eigenvalue weighted by molar-refractivity contribution is 6.01. The van der Waals surface area contributed by atoms with Gasteiger partial charge in [0.25, 0.3) is 0 Å². The second-order valence-electron chi connectivity index (χ2n) is 3.76. The Morgan fingerprint density at radius 2 is 1.73 bits per heavy atom. The number of amides is 2. The number of carboxylic acid groups (broad SMARTS) is 1. The summed E-state index contributed by atoms with van der Waals surface area (Å²) in [5.41, 5.74) is 3.61. The number of nitrogens with two attached hydrogens (primary N) is 1. The molecule has 6 heteroatoms. The average Bonchev–Trinajstić information content (AvgIpc) is 2.17. The SMILES string of the molecule is CC(=O)N1CCC(C(N)=O)(C(=O)O)CC1. The van der Waals surface area contributed by atoms with E-state index in [9.17, 15) is 14.4 Å². The third-order valence-corrected chi connectivity index (χ3v) is 2.94. The van der Waals surface area contributed by atoms with E-state index in [0.717, 1.165) is 0 Å². The molecule has 0 aromatic heterocycles. The van der Waals surface area contributed by atoms with Crippen molar-refractivity contribution in [2.45, 2.75) is 19.8 Å². The van der Waals surface area contributed by atoms with Crippen LogP contribution in [-0.2, 0) is 14.4 Å². The molecule has 1 fully saturated rings. The quantitative estimate of drug-likeness (QED) is 0.587. The molecule has 84 valence electrons. The van der Waals surface area contributed by atoms with Crippen molar-refractivity contribution in [2.75, 3.05) is 13.1 Å². The van der Waals surface area contributed by atoms with Crippen LogP contribution in [0, 0.1) is 5.41 Å². The third kappa shape index (κ3) is 1.93. The average molecular weight is 214 g/mol. The molecule has 0 aliphatic carbocycles. The standard InChI is InChI=1S/C9H14N2O4/c1-6(12)11-4-2-9(3-5-11,7(10)13)8(14)15/h2-5H2,1H3,(H2,10,13)(H,14,15). The zero-order valence-electron chi connectivity index (χ0n) is 8.52. The van der Waals surface area contributed by atoms with E-state index in [4.69, 9.17) is 10.8 Å². The minimum absolute atomic E-state index is 0.0945. The molecular weight excluding hydrogens is 200 g/mol. The van der Waals surface area contributed by atoms with Crippen molar-refractivity contribution in [3.63, 3.8) is 0 Å². The number of carbonyl (C=O) groups is 3. The molecule has 1 aliphatic heterocycles. The molecule has 0 saturated carbocycles. The second kappa shape index (κ2) is 3.88. The lowest BCUT2D eigenvalue weighted by molar-refractivity contribution is -0.159. The fraction of sp³-hybridized carbons (Fsp3) is 0.667. The van der Waals surface area contributed by atoms with Gasteiger partial charge in [0.05, 0.1) is 0 Å². The maximum absolute atomic E-state index is 11.1. The summed E-state index contributed by atoms with van der Waals surface area (Å²) in [6.45, 7) is 1.95. The van der Waals surface area contributed by atoms with Gasteiger partial charge in [0.1, 0.15) is 5.41 Å². The fourth-order valence-corrected chi connectivity index (χ4v) is 1.77. The number of carboxylic acids is 1. The first-order valence-electron chi connectivity index (χ1n) is 4.69. The molecule has 0 aromatic rings. The van der Waals surface area contributed by atoms with Gasteiger partial charge in [0.15, 0.2) is 0 Å². The summed E-state index contributed by atoms with van der Waals surface area (Å²) in [6, 6.07) is 0. The maximum Gasteiger partial charge on any atom is 0.319 e. The van der Waals surface area contributed by atoms with Crippen LogP contribution in [0.2, 0.25) is 0 Å². The monoisotopic (exact) mass is 214 g/mol. The first-order chi connectivity index (χ1) is 6.90. The molecule has 0 atom stereocenters. The highest BCUT2D eigenvalue weighted by atomic mass is 16.4. The van der Waals surface area contributed by atoms with Crippen LogP contribution >= 0.6 is 0 Å². The minimum Gasteiger partial charge on any atom is -0.480 e. The van der Waals surface area contributed by atoms with Crippen molar-refractivity contribution in [3.8, 4) is 0 Å². The smallest absolute Gasteiger partial charge is 0.319 e. The molecule has 0 radical (unpaired) electrons. The molecular formula is C9H14N2O4. The topological polar surface area (TPSA) is 101 Å². The van der Waals surface area contributed by atoms with Gasteiger partial charge in [-0.1, -0.05) is 0 Å². The number of rotatable bonds is 2. The van der Waals surface area contributed by atoms with Gasteiger partial charge in [0, 0.05) is 20.0 Å². The largest absolute Gasteiger partial charge is 0.480 e. The van der Waals surface area contributed by atoms with Crippen LogP contribution in [0.5, 0.6) is 0 Å². The third-order valence-electron chi connectivity index (χ3n) is 2.94. The summed E-state index contributed by atoms with van der Waals surface area (Å²) in [7, 11) is 0. The Morgan fingerprint density at radius 1 is 1.27 bits per heavy atom. The minimum atomic E-state index is -1.49. The van der Waals surface area contributed by atoms with E-state index >= 15 is 0 Å². The van der Waals surface area contributed by atoms with Crippen molar-refractivity contribution in [2.24, 2.45) is 11.1 Å². The van der Waals surface area contributed by atoms with E-state index in [1.807, 2.05) is 0 Å². The van der Waals surface area contributed by atoms with Gasteiger partial charge in [-0.2, -0.15) is 0 Å². The van der Waals surface area contributed by atoms with Crippen LogP contribution in [0.3, 0.4) is 0 Å². The molecule has 1 saturated heterocycles. The molecule has 0 bridgehead atoms. The van der Waals surface area contributed by atoms with Gasteiger partial charge in [-0.05, 0) is 12.8 Å². The van der Waals surface area contributed by atoms with Gasteiger partial charge in [-0.3, -0.25) is 14.4 Å². The second-order valence-corrected chi connectivity index (χ2v) is 3.76. The maximum atomic E-state index is 11.1. The van der Waals surface area contributed by atoms with Crippen molar-refractivity contribution in [3.05, 3.63) is 0 Å². The summed E-state index contributed by atoms with van der Waals surface area (Å²) < 4.78 is 0. The van der Waals surface area contributed by atoms with Crippen LogP contribution in [0.1, 0.15) is 19.8 Å². The lowest BCUT2D eigenvalue weighted by Gasteiger charge is -2.36. The highest BCUT2D eigenvalue weighted by Gasteiger charge is 2.47. The van der Waals surface area contributed by atoms with Gasteiger partial charge in [-0.25, -0.2) is 0 Å². The molecule has 1 heterocycles. The zero-order valence-corrected chi connectivity index (χ0v) is 8.52. The van der Waals surface area contributed by atoms with Crippen molar-refractivity contribution in [1.82, 2.24) is 4.90 Å². The zero-order chi connectivity index (χ0) is 11.6. The first kappa shape index (κ1) is 11.5. The molecule has 0 unspecified atom stereocenters. The summed E-state index contributed by atoms with van der Waals surface area (Å²) in [5, 5.41) is 8.98. The summed E-state index contributed by atoms with van der Waals surface area (Å²) in [6.07, 6.45) is 0.189. The number of hydrogen-bond donors (Lipinski definition) is 2. The van der Waals surface area contributed by atoms with E-state index in [1.165, 1.54) is 11.8 Å². The number of aliphatic carboxylic acids is 1. The lowest BCUT2D eigenvalue weighted by atomic mass is 9.78. The molecule has 0 spiro atoms. The Hall–Kier alpha value is -1.59. The predicted molar refractivity (Wildman–Crippen MR) is 50.8 cm³/mol. The number of nitrogens with zero attached hydrogens (tertiary/aromatic N) is 1. The molecule has 6 nitrogen and oxygen atoms in total. The van der Waals surface area contributed by atoms with Gasteiger partial charge < -0.3 is 15.7 Å². The van der Waals surface area contributed by atoms with Gasteiger partial charge >= 0.3 is 5.97 Å². The van der Waals surface area contributed by atoms with Crippen LogP contribution in [0.15, 0.2) is 0 Å². The van der Waals surface area contributed by atoms with Gasteiger partial charge in [0.2, 0.25) is 11.8 Å². The summed E-state index contributed by atoms with van der Waals surface area (Å²) in [5.74, 6) is -2.13. The van der Waals surface area contributed by atoms with E-state index in [1.54, 1.807) is 0 Å². The number of primary amides is 1. The van der Waals surface area contributed by atoms with Crippen LogP contribution in [0.25, 0.3) is 0 Å². The van der Waals surface area contributed by atoms with E-state index in [0.29, 0.717) is 0 Å². The van der Waals surface area contributed by atoms with Crippen molar-refractivity contribution in [1.29, 1.82) is 0 Å². The molecule has 3 N–H and O–H groups in total. The Bertz CT molecular complexity index is 289. The predicted octanol–water partition coefficient (Wildman–Crippen LogP) is -0.815. The Morgan fingerprint density at radius 3 is 2.00 bits per heavy atom. The first-order valence-corrected chi connectivity index (χ1v) is 4.69. The highest BCUT2D eigenvalue weighted by Crippen LogP contribution is 2.31. The van der Waals surface area contributed by atoms with Gasteiger partial charge in [-0.15, -0.1) is 0 Å². The molecule has 0 aromatic carbocycles. The lowest BCUT2D eigenvalue weighted by Crippen LogP contribution is -2.52. The summed E-state index contributed by atoms with van der Waals surface area (Å²) in [4.78, 5) is 34.7. The molecule has 1 rings (SSSR count). The Kier molecular flexibility index (Phi) is 2.97. The fourth-order valence-electron chi connectivity index (χ4n) is 1.77. The number of piperidine rings is 1. The number of likely N-dealkylation sites (tertiary alicyclic amines) is 1. The number of carbonyl (C=O) groups excluding carboxylic acids is 2. The molecule has 1 aliphatic rings. The number of hydrogen-bond acceptors (Lipinski definition) is 3. The normalized spacial score (nSPS) is 19.7. The van der Waals surface area contributed by atoms with Crippen LogP contribution in [0.4, 0.5) is 0 Å². The Balaban J connectivity index is 2.79. The van der Waals surface area contributed by atoms with E-state index in [2.05, 4.69) is 0 Å². The molecule has 2 amide bonds. The van der Waals surface area contributed by atoms with Crippen LogP contribution in [-0.4, -0.2) is 40.9 Å². The van der Waals surface area contributed by atoms with E-state index < -0.39 is 17.3 Å². The van der Waals surface area contributed by atoms with E-state index in [-0.39, 0.29) is 31.8 Å². The van der Waals surface area contributed by atoms with Crippen LogP contribution < -0.4 is 5.73 Å². The molecule has 15 heavy (non-hydrogen) atoms. The summed E-state index contributed by atoms with van der Waals surface area (Å²) >= 11 is 0. The Labute approximate surface area is 87.0 Å². The van der Waals surface area contributed by atoms with Crippen molar-refractivity contribution < 1.29 is 19.5 Å². The van der Waals surface area contributed by atoms with Crippen molar-refractivity contribution >= 4 is 17.8 Å².